The van der Waals surface area contributed by atoms with Crippen molar-refractivity contribution in [3.63, 3.8) is 0 Å². The number of hydrazine groups is 1. The molecule has 0 aromatic rings. The molecule has 1 unspecified atom stereocenters. The summed E-state index contributed by atoms with van der Waals surface area (Å²) in [6, 6.07) is 0. The van der Waals surface area contributed by atoms with Gasteiger partial charge >= 0.3 is 0 Å². The van der Waals surface area contributed by atoms with Gasteiger partial charge in [-0.3, -0.25) is 5.43 Å². The Kier molecular flexibility index (Phi) is 10.1. The number of methoxy groups -OCH3 is 2. The smallest absolute Gasteiger partial charge is 0.205 e. The number of ether oxygens (including phenoxy) is 2. The van der Waals surface area contributed by atoms with Crippen LogP contribution in [-0.4, -0.2) is 46.0 Å². The van der Waals surface area contributed by atoms with Crippen molar-refractivity contribution >= 4 is 5.96 Å². The van der Waals surface area contributed by atoms with Gasteiger partial charge in [0.25, 0.3) is 0 Å². The average molecular weight is 232 g/mol. The van der Waals surface area contributed by atoms with Crippen LogP contribution in [0, 0.1) is 0 Å². The normalized spacial score (nSPS) is 13.6. The van der Waals surface area contributed by atoms with Crippen molar-refractivity contribution < 1.29 is 9.47 Å². The van der Waals surface area contributed by atoms with Crippen LogP contribution in [0.1, 0.15) is 19.8 Å². The fourth-order valence-corrected chi connectivity index (χ4v) is 1.11. The minimum Gasteiger partial charge on any atom is -0.382 e. The lowest BCUT2D eigenvalue weighted by Gasteiger charge is -2.13. The van der Waals surface area contributed by atoms with Crippen molar-refractivity contribution in [1.29, 1.82) is 0 Å². The quantitative estimate of drug-likeness (QED) is 0.178. The van der Waals surface area contributed by atoms with Gasteiger partial charge in [-0.2, -0.15) is 0 Å². The van der Waals surface area contributed by atoms with Crippen LogP contribution in [0.25, 0.3) is 0 Å². The molecule has 0 bridgehead atoms. The monoisotopic (exact) mass is 232 g/mol. The molecule has 16 heavy (non-hydrogen) atoms. The van der Waals surface area contributed by atoms with Crippen LogP contribution < -0.4 is 16.6 Å². The van der Waals surface area contributed by atoms with E-state index in [2.05, 4.69) is 22.7 Å². The molecule has 0 aliphatic heterocycles. The first kappa shape index (κ1) is 15.2. The summed E-state index contributed by atoms with van der Waals surface area (Å²) in [6.45, 7) is 4.03. The summed E-state index contributed by atoms with van der Waals surface area (Å²) in [5.74, 6) is 5.93. The first-order valence-corrected chi connectivity index (χ1v) is 5.55. The second-order valence-corrected chi connectivity index (χ2v) is 3.43. The van der Waals surface area contributed by atoms with Crippen LogP contribution in [0.5, 0.6) is 0 Å². The van der Waals surface area contributed by atoms with Gasteiger partial charge in [0.1, 0.15) is 6.10 Å². The third-order valence-corrected chi connectivity index (χ3v) is 2.10. The molecule has 6 nitrogen and oxygen atoms in total. The number of unbranched alkanes of at least 4 members (excludes halogenated alkanes) is 1. The molecule has 6 heteroatoms. The summed E-state index contributed by atoms with van der Waals surface area (Å²) in [4.78, 5) is 4.27. The molecule has 0 rings (SSSR count). The zero-order valence-electron chi connectivity index (χ0n) is 10.5. The van der Waals surface area contributed by atoms with Gasteiger partial charge in [-0.25, -0.2) is 10.8 Å². The Labute approximate surface area is 97.6 Å². The second kappa shape index (κ2) is 10.7. The largest absolute Gasteiger partial charge is 0.382 e. The molecule has 1 atom stereocenters. The molecule has 4 N–H and O–H groups in total. The van der Waals surface area contributed by atoms with Gasteiger partial charge in [-0.1, -0.05) is 13.3 Å². The molecule has 0 saturated heterocycles. The average Bonchev–Trinajstić information content (AvgIpc) is 2.31. The van der Waals surface area contributed by atoms with E-state index < -0.39 is 0 Å². The number of guanidine groups is 1. The Morgan fingerprint density at radius 2 is 2.19 bits per heavy atom. The Bertz CT molecular complexity index is 188. The van der Waals surface area contributed by atoms with E-state index in [9.17, 15) is 0 Å². The summed E-state index contributed by atoms with van der Waals surface area (Å²) >= 11 is 0. The van der Waals surface area contributed by atoms with E-state index in [4.69, 9.17) is 15.3 Å². The maximum atomic E-state index is 5.34. The first-order valence-electron chi connectivity index (χ1n) is 5.55. The van der Waals surface area contributed by atoms with Crippen LogP contribution in [0.3, 0.4) is 0 Å². The number of hydrogen-bond acceptors (Lipinski definition) is 4. The molecule has 96 valence electrons. The predicted octanol–water partition coefficient (Wildman–Crippen LogP) is -0.143. The lowest BCUT2D eigenvalue weighted by atomic mass is 10.3. The summed E-state index contributed by atoms with van der Waals surface area (Å²) in [5, 5.41) is 3.11. The summed E-state index contributed by atoms with van der Waals surface area (Å²) < 4.78 is 10.2. The topological polar surface area (TPSA) is 80.9 Å². The zero-order chi connectivity index (χ0) is 12.2. The lowest BCUT2D eigenvalue weighted by Crippen LogP contribution is -2.42. The van der Waals surface area contributed by atoms with Gasteiger partial charge in [-0.15, -0.1) is 0 Å². The highest BCUT2D eigenvalue weighted by molar-refractivity contribution is 5.79. The van der Waals surface area contributed by atoms with E-state index in [1.807, 2.05) is 0 Å². The SMILES string of the molecule is CCCCNC(=NCC(COC)OC)NN. The molecule has 0 amide bonds. The molecule has 0 aliphatic carbocycles. The molecular weight excluding hydrogens is 208 g/mol. The van der Waals surface area contributed by atoms with Crippen LogP contribution in [0.4, 0.5) is 0 Å². The molecule has 0 radical (unpaired) electrons. The van der Waals surface area contributed by atoms with Gasteiger partial charge in [0, 0.05) is 20.8 Å². The second-order valence-electron chi connectivity index (χ2n) is 3.43. The minimum atomic E-state index is -0.0404. The Morgan fingerprint density at radius 1 is 1.44 bits per heavy atom. The van der Waals surface area contributed by atoms with Crippen LogP contribution >= 0.6 is 0 Å². The number of rotatable bonds is 8. The van der Waals surface area contributed by atoms with Crippen LogP contribution in [-0.2, 0) is 9.47 Å². The molecule has 0 fully saturated rings. The van der Waals surface area contributed by atoms with Crippen molar-refractivity contribution in [2.75, 3.05) is 33.9 Å². The van der Waals surface area contributed by atoms with E-state index in [-0.39, 0.29) is 6.10 Å². The summed E-state index contributed by atoms with van der Waals surface area (Å²) in [5.41, 5.74) is 2.53. The number of nitrogens with one attached hydrogen (secondary N) is 2. The number of hydrogen-bond donors (Lipinski definition) is 3. The molecule has 0 aliphatic rings. The standard InChI is InChI=1S/C10H24N4O2/c1-4-5-6-12-10(14-11)13-7-9(16-3)8-15-2/h9H,4-8,11H2,1-3H3,(H2,12,13,14). The maximum Gasteiger partial charge on any atom is 0.205 e. The van der Waals surface area contributed by atoms with E-state index in [1.54, 1.807) is 14.2 Å². The van der Waals surface area contributed by atoms with Crippen molar-refractivity contribution in [3.05, 3.63) is 0 Å². The van der Waals surface area contributed by atoms with Crippen LogP contribution in [0.2, 0.25) is 0 Å². The van der Waals surface area contributed by atoms with Crippen molar-refractivity contribution in [1.82, 2.24) is 10.7 Å². The fraction of sp³-hybridized carbons (Fsp3) is 0.900. The number of aliphatic imine (C=N–C) groups is 1. The third-order valence-electron chi connectivity index (χ3n) is 2.10. The lowest BCUT2D eigenvalue weighted by molar-refractivity contribution is 0.0343. The van der Waals surface area contributed by atoms with E-state index in [1.165, 1.54) is 0 Å². The first-order chi connectivity index (χ1) is 7.78. The molecule has 0 aromatic heterocycles. The summed E-state index contributed by atoms with van der Waals surface area (Å²) in [7, 11) is 3.27. The van der Waals surface area contributed by atoms with E-state index in [0.717, 1.165) is 19.4 Å². The highest BCUT2D eigenvalue weighted by Gasteiger charge is 2.05. The molecule has 0 spiro atoms. The molecule has 0 aromatic carbocycles. The van der Waals surface area contributed by atoms with Gasteiger partial charge < -0.3 is 14.8 Å². The Hall–Kier alpha value is -0.850. The summed E-state index contributed by atoms with van der Waals surface area (Å²) in [6.07, 6.45) is 2.18. The highest BCUT2D eigenvalue weighted by Crippen LogP contribution is 1.91. The van der Waals surface area contributed by atoms with Crippen LogP contribution in [0.15, 0.2) is 4.99 Å². The predicted molar refractivity (Wildman–Crippen MR) is 65.2 cm³/mol. The Morgan fingerprint density at radius 3 is 2.69 bits per heavy atom. The fourth-order valence-electron chi connectivity index (χ4n) is 1.11. The van der Waals surface area contributed by atoms with Gasteiger partial charge in [0.05, 0.1) is 13.2 Å². The van der Waals surface area contributed by atoms with E-state index in [0.29, 0.717) is 19.1 Å². The number of nitrogens with two attached hydrogens (primary N) is 1. The minimum absolute atomic E-state index is 0.0404. The van der Waals surface area contributed by atoms with E-state index >= 15 is 0 Å². The molecule has 0 saturated carbocycles. The number of nitrogens with zero attached hydrogens (tertiary/aromatic N) is 1. The third kappa shape index (κ3) is 7.44. The van der Waals surface area contributed by atoms with Gasteiger partial charge in [0.15, 0.2) is 0 Å². The van der Waals surface area contributed by atoms with Crippen molar-refractivity contribution in [2.24, 2.45) is 10.8 Å². The molecule has 0 heterocycles. The Balaban J connectivity index is 3.92. The van der Waals surface area contributed by atoms with Crippen molar-refractivity contribution in [3.8, 4) is 0 Å². The zero-order valence-corrected chi connectivity index (χ0v) is 10.5. The van der Waals surface area contributed by atoms with Crippen molar-refractivity contribution in [2.45, 2.75) is 25.9 Å². The highest BCUT2D eigenvalue weighted by atomic mass is 16.5. The van der Waals surface area contributed by atoms with Gasteiger partial charge in [-0.05, 0) is 6.42 Å². The van der Waals surface area contributed by atoms with Gasteiger partial charge in [0.2, 0.25) is 5.96 Å². The molecular formula is C10H24N4O2. The maximum absolute atomic E-state index is 5.34.